The van der Waals surface area contributed by atoms with Crippen molar-refractivity contribution in [2.24, 2.45) is 0 Å². The first kappa shape index (κ1) is 11.9. The van der Waals surface area contributed by atoms with Gasteiger partial charge in [0.2, 0.25) is 5.82 Å². The minimum absolute atomic E-state index is 0.00199. The van der Waals surface area contributed by atoms with E-state index in [2.05, 4.69) is 5.32 Å². The van der Waals surface area contributed by atoms with Gasteiger partial charge in [0.25, 0.3) is 0 Å². The van der Waals surface area contributed by atoms with Gasteiger partial charge < -0.3 is 10.1 Å². The minimum Gasteiger partial charge on any atom is -0.487 e. The fourth-order valence-electron chi connectivity index (χ4n) is 3.06. The highest BCUT2D eigenvalue weighted by molar-refractivity contribution is 5.25. The van der Waals surface area contributed by atoms with Gasteiger partial charge in [-0.25, -0.2) is 4.39 Å². The van der Waals surface area contributed by atoms with Crippen molar-refractivity contribution in [2.75, 3.05) is 0 Å². The maximum absolute atomic E-state index is 13.5. The van der Waals surface area contributed by atoms with Crippen LogP contribution in [0, 0.1) is 11.6 Å². The van der Waals surface area contributed by atoms with Crippen LogP contribution in [0.15, 0.2) is 18.2 Å². The average Bonchev–Trinajstić information content (AvgIpc) is 2.35. The lowest BCUT2D eigenvalue weighted by molar-refractivity contribution is 0.0886. The summed E-state index contributed by atoms with van der Waals surface area (Å²) in [5, 5.41) is 3.55. The number of ether oxygens (including phenoxy) is 1. The molecule has 4 heteroatoms. The van der Waals surface area contributed by atoms with Gasteiger partial charge in [0.15, 0.2) is 11.6 Å². The third kappa shape index (κ3) is 2.34. The third-order valence-corrected chi connectivity index (χ3v) is 3.88. The zero-order valence-electron chi connectivity index (χ0n) is 10.2. The monoisotopic (exact) mass is 253 g/mol. The molecule has 0 unspecified atom stereocenters. The number of hydrogen-bond donors (Lipinski definition) is 1. The van der Waals surface area contributed by atoms with Crippen LogP contribution < -0.4 is 10.1 Å². The molecule has 3 rings (SSSR count). The van der Waals surface area contributed by atoms with Gasteiger partial charge in [-0.15, -0.1) is 0 Å². The Morgan fingerprint density at radius 1 is 1.11 bits per heavy atom. The van der Waals surface area contributed by atoms with Gasteiger partial charge in [0, 0.05) is 12.1 Å². The van der Waals surface area contributed by atoms with Crippen LogP contribution in [0.5, 0.6) is 5.75 Å². The minimum atomic E-state index is -0.874. The van der Waals surface area contributed by atoms with Crippen molar-refractivity contribution in [3.05, 3.63) is 29.8 Å². The van der Waals surface area contributed by atoms with Gasteiger partial charge in [-0.2, -0.15) is 4.39 Å². The van der Waals surface area contributed by atoms with Gasteiger partial charge in [-0.3, -0.25) is 0 Å². The molecule has 0 aromatic heterocycles. The van der Waals surface area contributed by atoms with Crippen molar-refractivity contribution < 1.29 is 13.5 Å². The normalized spacial score (nSPS) is 31.1. The first-order valence-corrected chi connectivity index (χ1v) is 6.59. The fourth-order valence-corrected chi connectivity index (χ4v) is 3.06. The van der Waals surface area contributed by atoms with Crippen molar-refractivity contribution in [1.82, 2.24) is 5.32 Å². The predicted octanol–water partition coefficient (Wildman–Crippen LogP) is 3.02. The van der Waals surface area contributed by atoms with Crippen molar-refractivity contribution in [3.8, 4) is 5.75 Å². The molecule has 1 N–H and O–H groups in total. The number of benzene rings is 1. The van der Waals surface area contributed by atoms with Crippen LogP contribution in [0.1, 0.15) is 32.1 Å². The van der Waals surface area contributed by atoms with Crippen molar-refractivity contribution in [1.29, 1.82) is 0 Å². The summed E-state index contributed by atoms with van der Waals surface area (Å²) >= 11 is 0. The first-order chi connectivity index (χ1) is 8.72. The molecular formula is C14H17F2NO. The Morgan fingerprint density at radius 3 is 2.56 bits per heavy atom. The van der Waals surface area contributed by atoms with E-state index in [0.29, 0.717) is 12.1 Å². The Hall–Kier alpha value is -1.16. The highest BCUT2D eigenvalue weighted by Gasteiger charge is 2.32. The third-order valence-electron chi connectivity index (χ3n) is 3.88. The van der Waals surface area contributed by atoms with E-state index in [1.165, 1.54) is 18.6 Å². The van der Waals surface area contributed by atoms with Gasteiger partial charge in [0.05, 0.1) is 0 Å². The summed E-state index contributed by atoms with van der Waals surface area (Å²) in [4.78, 5) is 0. The molecule has 0 spiro atoms. The maximum atomic E-state index is 13.5. The maximum Gasteiger partial charge on any atom is 0.200 e. The molecule has 0 radical (unpaired) electrons. The van der Waals surface area contributed by atoms with Crippen LogP contribution in [-0.2, 0) is 0 Å². The molecule has 2 heterocycles. The Bertz CT molecular complexity index is 426. The van der Waals surface area contributed by atoms with Crippen LogP contribution >= 0.6 is 0 Å². The van der Waals surface area contributed by atoms with E-state index in [0.717, 1.165) is 31.7 Å². The van der Waals surface area contributed by atoms with Crippen LogP contribution in [0.4, 0.5) is 8.78 Å². The number of nitrogens with one attached hydrogen (secondary N) is 1. The summed E-state index contributed by atoms with van der Waals surface area (Å²) < 4.78 is 32.3. The summed E-state index contributed by atoms with van der Waals surface area (Å²) in [6.45, 7) is 0. The summed E-state index contributed by atoms with van der Waals surface area (Å²) in [5.41, 5.74) is 0. The van der Waals surface area contributed by atoms with E-state index in [1.54, 1.807) is 0 Å². The second-order valence-corrected chi connectivity index (χ2v) is 5.25. The molecule has 0 saturated carbocycles. The van der Waals surface area contributed by atoms with E-state index in [1.807, 2.05) is 0 Å². The fraction of sp³-hybridized carbons (Fsp3) is 0.571. The second-order valence-electron chi connectivity index (χ2n) is 5.25. The Balaban J connectivity index is 1.71. The van der Waals surface area contributed by atoms with Gasteiger partial charge in [-0.05, 0) is 37.8 Å². The van der Waals surface area contributed by atoms with E-state index >= 15 is 0 Å². The van der Waals surface area contributed by atoms with E-state index in [-0.39, 0.29) is 11.9 Å². The molecule has 3 atom stereocenters. The molecule has 2 aliphatic rings. The molecule has 0 aliphatic carbocycles. The highest BCUT2D eigenvalue weighted by atomic mass is 19.2. The lowest BCUT2D eigenvalue weighted by Crippen LogP contribution is -2.51. The van der Waals surface area contributed by atoms with E-state index in [9.17, 15) is 8.78 Å². The zero-order chi connectivity index (χ0) is 12.5. The molecule has 2 bridgehead atoms. The lowest BCUT2D eigenvalue weighted by atomic mass is 9.85. The van der Waals surface area contributed by atoms with Crippen molar-refractivity contribution >= 4 is 0 Å². The predicted molar refractivity (Wildman–Crippen MR) is 64.6 cm³/mol. The molecule has 1 aromatic carbocycles. The summed E-state index contributed by atoms with van der Waals surface area (Å²) in [6, 6.07) is 5.03. The zero-order valence-corrected chi connectivity index (χ0v) is 10.2. The Kier molecular flexibility index (Phi) is 3.20. The van der Waals surface area contributed by atoms with Crippen LogP contribution in [-0.4, -0.2) is 18.2 Å². The number of piperidine rings is 2. The largest absolute Gasteiger partial charge is 0.487 e. The molecule has 0 amide bonds. The first-order valence-electron chi connectivity index (χ1n) is 6.59. The van der Waals surface area contributed by atoms with Crippen molar-refractivity contribution in [2.45, 2.75) is 50.3 Å². The van der Waals surface area contributed by atoms with E-state index in [4.69, 9.17) is 4.74 Å². The molecule has 2 fully saturated rings. The van der Waals surface area contributed by atoms with Crippen LogP contribution in [0.2, 0.25) is 0 Å². The van der Waals surface area contributed by atoms with Gasteiger partial charge in [-0.1, -0.05) is 12.5 Å². The SMILES string of the molecule is Fc1cccc(O[C@@H]2C[C@H]3CCC[C@@H](C2)N3)c1F. The number of rotatable bonds is 2. The topological polar surface area (TPSA) is 21.3 Å². The molecule has 18 heavy (non-hydrogen) atoms. The molecule has 2 saturated heterocycles. The van der Waals surface area contributed by atoms with Gasteiger partial charge >= 0.3 is 0 Å². The Morgan fingerprint density at radius 2 is 1.83 bits per heavy atom. The number of halogens is 2. The smallest absolute Gasteiger partial charge is 0.200 e. The van der Waals surface area contributed by atoms with E-state index < -0.39 is 11.6 Å². The molecular weight excluding hydrogens is 236 g/mol. The second kappa shape index (κ2) is 4.84. The molecule has 2 aliphatic heterocycles. The molecule has 98 valence electrons. The summed E-state index contributed by atoms with van der Waals surface area (Å²) in [6.07, 6.45) is 5.32. The van der Waals surface area contributed by atoms with Crippen LogP contribution in [0.25, 0.3) is 0 Å². The molecule has 1 aromatic rings. The summed E-state index contributed by atoms with van der Waals surface area (Å²) in [7, 11) is 0. The van der Waals surface area contributed by atoms with Gasteiger partial charge in [0.1, 0.15) is 6.10 Å². The number of hydrogen-bond acceptors (Lipinski definition) is 2. The number of fused-ring (bicyclic) bond motifs is 2. The average molecular weight is 253 g/mol. The quantitative estimate of drug-likeness (QED) is 0.874. The van der Waals surface area contributed by atoms with Crippen molar-refractivity contribution in [3.63, 3.8) is 0 Å². The lowest BCUT2D eigenvalue weighted by Gasteiger charge is -2.40. The molecule has 2 nitrogen and oxygen atoms in total. The summed E-state index contributed by atoms with van der Waals surface area (Å²) in [5.74, 6) is -1.68. The Labute approximate surface area is 105 Å². The standard InChI is InChI=1S/C14H17F2NO/c15-12-5-2-6-13(14(12)16)18-11-7-9-3-1-4-10(8-11)17-9/h2,5-6,9-11,17H,1,3-4,7-8H2/t9-,10+,11-. The highest BCUT2D eigenvalue weighted by Crippen LogP contribution is 2.29. The van der Waals surface area contributed by atoms with Crippen LogP contribution in [0.3, 0.4) is 0 Å².